The molecule has 1 unspecified atom stereocenters. The molecule has 0 saturated heterocycles. The summed E-state index contributed by atoms with van der Waals surface area (Å²) in [4.78, 5) is 1.46. The van der Waals surface area contributed by atoms with Crippen LogP contribution >= 0.6 is 27.3 Å². The van der Waals surface area contributed by atoms with E-state index in [1.165, 1.54) is 22.2 Å². The maximum atomic E-state index is 3.47. The lowest BCUT2D eigenvalue weighted by Crippen LogP contribution is -2.26. The lowest BCUT2D eigenvalue weighted by Gasteiger charge is -2.13. The fourth-order valence-corrected chi connectivity index (χ4v) is 2.93. The SMILES string of the molecule is CCCC(Cc1cc(Br)cs1)NC. The first kappa shape index (κ1) is 11.2. The molecule has 0 aliphatic rings. The molecule has 0 fully saturated rings. The Bertz CT molecular complexity index is 247. The zero-order valence-electron chi connectivity index (χ0n) is 8.14. The lowest BCUT2D eigenvalue weighted by molar-refractivity contribution is 0.517. The van der Waals surface area contributed by atoms with E-state index in [1.54, 1.807) is 0 Å². The second-order valence-electron chi connectivity index (χ2n) is 3.21. The summed E-state index contributed by atoms with van der Waals surface area (Å²) in [7, 11) is 2.04. The minimum atomic E-state index is 0.635. The molecular formula is C10H16BrNS. The van der Waals surface area contributed by atoms with Crippen LogP contribution in [0.2, 0.25) is 0 Å². The minimum absolute atomic E-state index is 0.635. The predicted octanol–water partition coefficient (Wildman–Crippen LogP) is 3.44. The smallest absolute Gasteiger partial charge is 0.0285 e. The molecule has 1 aromatic heterocycles. The summed E-state index contributed by atoms with van der Waals surface area (Å²) in [5.74, 6) is 0. The minimum Gasteiger partial charge on any atom is -0.317 e. The van der Waals surface area contributed by atoms with Gasteiger partial charge in [-0.3, -0.25) is 0 Å². The van der Waals surface area contributed by atoms with E-state index in [4.69, 9.17) is 0 Å². The van der Waals surface area contributed by atoms with Crippen molar-refractivity contribution in [3.8, 4) is 0 Å². The fourth-order valence-electron chi connectivity index (χ4n) is 1.40. The van der Waals surface area contributed by atoms with Crippen molar-refractivity contribution in [2.75, 3.05) is 7.05 Å². The highest BCUT2D eigenvalue weighted by Crippen LogP contribution is 2.21. The molecule has 0 aliphatic carbocycles. The average Bonchev–Trinajstić information content (AvgIpc) is 2.50. The van der Waals surface area contributed by atoms with Crippen LogP contribution in [0, 0.1) is 0 Å². The van der Waals surface area contributed by atoms with Crippen LogP contribution < -0.4 is 5.32 Å². The zero-order chi connectivity index (χ0) is 9.68. The van der Waals surface area contributed by atoms with Gasteiger partial charge in [0.25, 0.3) is 0 Å². The van der Waals surface area contributed by atoms with Gasteiger partial charge in [0.1, 0.15) is 0 Å². The summed E-state index contributed by atoms with van der Waals surface area (Å²) in [5, 5.41) is 5.50. The molecule has 1 rings (SSSR count). The number of likely N-dealkylation sites (N-methyl/N-ethyl adjacent to an activating group) is 1. The number of hydrogen-bond donors (Lipinski definition) is 1. The third-order valence-electron chi connectivity index (χ3n) is 2.11. The quantitative estimate of drug-likeness (QED) is 0.857. The van der Waals surface area contributed by atoms with E-state index in [-0.39, 0.29) is 0 Å². The molecule has 0 aromatic carbocycles. The van der Waals surface area contributed by atoms with Crippen LogP contribution in [-0.4, -0.2) is 13.1 Å². The molecule has 0 saturated carbocycles. The third kappa shape index (κ3) is 3.79. The van der Waals surface area contributed by atoms with E-state index in [0.29, 0.717) is 6.04 Å². The molecule has 1 atom stereocenters. The summed E-state index contributed by atoms with van der Waals surface area (Å²) in [6, 6.07) is 2.85. The lowest BCUT2D eigenvalue weighted by atomic mass is 10.1. The number of thiophene rings is 1. The maximum absolute atomic E-state index is 3.47. The Labute approximate surface area is 92.7 Å². The highest BCUT2D eigenvalue weighted by Gasteiger charge is 2.07. The fraction of sp³-hybridized carbons (Fsp3) is 0.600. The molecule has 0 aliphatic heterocycles. The Kier molecular flexibility index (Phi) is 4.99. The van der Waals surface area contributed by atoms with Crippen molar-refractivity contribution in [2.24, 2.45) is 0 Å². The topological polar surface area (TPSA) is 12.0 Å². The first-order chi connectivity index (χ1) is 6.26. The Hall–Kier alpha value is 0.140. The first-order valence-corrected chi connectivity index (χ1v) is 6.33. The van der Waals surface area contributed by atoms with Crippen LogP contribution in [-0.2, 0) is 6.42 Å². The van der Waals surface area contributed by atoms with Gasteiger partial charge in [-0.1, -0.05) is 13.3 Å². The molecule has 0 bridgehead atoms. The second kappa shape index (κ2) is 5.78. The number of halogens is 1. The van der Waals surface area contributed by atoms with E-state index in [9.17, 15) is 0 Å². The van der Waals surface area contributed by atoms with E-state index in [0.717, 1.165) is 6.42 Å². The van der Waals surface area contributed by atoms with Gasteiger partial charge in [0, 0.05) is 20.8 Å². The molecule has 13 heavy (non-hydrogen) atoms. The molecule has 74 valence electrons. The summed E-state index contributed by atoms with van der Waals surface area (Å²) in [5.41, 5.74) is 0. The van der Waals surface area contributed by atoms with Crippen molar-refractivity contribution in [3.63, 3.8) is 0 Å². The van der Waals surface area contributed by atoms with Gasteiger partial charge in [-0.15, -0.1) is 11.3 Å². The Balaban J connectivity index is 2.46. The van der Waals surface area contributed by atoms with Crippen molar-refractivity contribution in [2.45, 2.75) is 32.2 Å². The third-order valence-corrected chi connectivity index (χ3v) is 3.83. The van der Waals surface area contributed by atoms with E-state index < -0.39 is 0 Å². The molecule has 1 heterocycles. The van der Waals surface area contributed by atoms with E-state index >= 15 is 0 Å². The van der Waals surface area contributed by atoms with Crippen LogP contribution in [0.4, 0.5) is 0 Å². The normalized spacial score (nSPS) is 13.2. The summed E-state index contributed by atoms with van der Waals surface area (Å²) < 4.78 is 1.21. The molecular weight excluding hydrogens is 246 g/mol. The van der Waals surface area contributed by atoms with Crippen LogP contribution in [0.15, 0.2) is 15.9 Å². The van der Waals surface area contributed by atoms with Gasteiger partial charge in [-0.2, -0.15) is 0 Å². The van der Waals surface area contributed by atoms with E-state index in [2.05, 4.69) is 39.6 Å². The van der Waals surface area contributed by atoms with Crippen LogP contribution in [0.5, 0.6) is 0 Å². The molecule has 3 heteroatoms. The number of rotatable bonds is 5. The summed E-state index contributed by atoms with van der Waals surface area (Å²) in [6.07, 6.45) is 3.66. The zero-order valence-corrected chi connectivity index (χ0v) is 10.5. The van der Waals surface area contributed by atoms with Crippen molar-refractivity contribution >= 4 is 27.3 Å². The molecule has 0 amide bonds. The van der Waals surface area contributed by atoms with Gasteiger partial charge < -0.3 is 5.32 Å². The molecule has 0 spiro atoms. The highest BCUT2D eigenvalue weighted by atomic mass is 79.9. The van der Waals surface area contributed by atoms with Crippen LogP contribution in [0.1, 0.15) is 24.6 Å². The molecule has 0 radical (unpaired) electrons. The van der Waals surface area contributed by atoms with Crippen molar-refractivity contribution in [3.05, 3.63) is 20.8 Å². The summed E-state index contributed by atoms with van der Waals surface area (Å²) in [6.45, 7) is 2.23. The van der Waals surface area contributed by atoms with Gasteiger partial charge in [0.15, 0.2) is 0 Å². The van der Waals surface area contributed by atoms with Gasteiger partial charge in [-0.25, -0.2) is 0 Å². The number of nitrogens with one attached hydrogen (secondary N) is 1. The van der Waals surface area contributed by atoms with Gasteiger partial charge in [0.2, 0.25) is 0 Å². The molecule has 1 nitrogen and oxygen atoms in total. The van der Waals surface area contributed by atoms with Crippen molar-refractivity contribution in [1.29, 1.82) is 0 Å². The van der Waals surface area contributed by atoms with Gasteiger partial charge in [-0.05, 0) is 41.9 Å². The van der Waals surface area contributed by atoms with Crippen LogP contribution in [0.25, 0.3) is 0 Å². The predicted molar refractivity (Wildman–Crippen MR) is 63.5 cm³/mol. The second-order valence-corrected chi connectivity index (χ2v) is 5.12. The number of hydrogen-bond acceptors (Lipinski definition) is 2. The Morgan fingerprint density at radius 3 is 2.85 bits per heavy atom. The van der Waals surface area contributed by atoms with Gasteiger partial charge in [0.05, 0.1) is 0 Å². The monoisotopic (exact) mass is 261 g/mol. The molecule has 1 N–H and O–H groups in total. The maximum Gasteiger partial charge on any atom is 0.0285 e. The van der Waals surface area contributed by atoms with Gasteiger partial charge >= 0.3 is 0 Å². The van der Waals surface area contributed by atoms with Crippen molar-refractivity contribution < 1.29 is 0 Å². The van der Waals surface area contributed by atoms with Crippen LogP contribution in [0.3, 0.4) is 0 Å². The van der Waals surface area contributed by atoms with Crippen molar-refractivity contribution in [1.82, 2.24) is 5.32 Å². The average molecular weight is 262 g/mol. The summed E-state index contributed by atoms with van der Waals surface area (Å²) >= 11 is 5.31. The highest BCUT2D eigenvalue weighted by molar-refractivity contribution is 9.10. The molecule has 1 aromatic rings. The largest absolute Gasteiger partial charge is 0.317 e. The van der Waals surface area contributed by atoms with E-state index in [1.807, 2.05) is 18.4 Å². The Morgan fingerprint density at radius 1 is 1.62 bits per heavy atom. The first-order valence-electron chi connectivity index (χ1n) is 4.66. The Morgan fingerprint density at radius 2 is 2.38 bits per heavy atom. The standard InChI is InChI=1S/C10H16BrNS/c1-3-4-9(12-2)6-10-5-8(11)7-13-10/h5,7,9,12H,3-4,6H2,1-2H3.